The number of pyridine rings is 1. The Morgan fingerprint density at radius 3 is 2.71 bits per heavy atom. The van der Waals surface area contributed by atoms with Crippen LogP contribution in [0.25, 0.3) is 21.5 Å². The summed E-state index contributed by atoms with van der Waals surface area (Å²) in [5.74, 6) is -0.304. The lowest BCUT2D eigenvalue weighted by Crippen LogP contribution is -2.12. The maximum atomic E-state index is 12.3. The van der Waals surface area contributed by atoms with Gasteiger partial charge in [0.2, 0.25) is 0 Å². The molecular weight excluding hydrogens is 282 g/mol. The molecule has 0 atom stereocenters. The normalized spacial score (nSPS) is 11.0. The molecule has 0 bridgehead atoms. The van der Waals surface area contributed by atoms with Crippen molar-refractivity contribution in [3.63, 3.8) is 0 Å². The minimum absolute atomic E-state index is 0.144. The molecule has 0 aliphatic heterocycles. The number of nitrogens with zero attached hydrogens (tertiary/aromatic N) is 1. The zero-order valence-corrected chi connectivity index (χ0v) is 12.7. The van der Waals surface area contributed by atoms with Crippen molar-refractivity contribution in [1.82, 2.24) is 4.98 Å². The van der Waals surface area contributed by atoms with E-state index in [9.17, 15) is 4.79 Å². The second kappa shape index (κ2) is 5.66. The van der Waals surface area contributed by atoms with Crippen molar-refractivity contribution in [2.24, 2.45) is 0 Å². The zero-order chi connectivity index (χ0) is 14.8. The molecule has 0 aliphatic rings. The fraction of sp³-hybridized carbons (Fsp3) is 0.176. The van der Waals surface area contributed by atoms with Crippen LogP contribution in [0, 0.1) is 0 Å². The molecule has 3 aromatic rings. The molecule has 0 N–H and O–H groups in total. The van der Waals surface area contributed by atoms with Crippen molar-refractivity contribution >= 4 is 28.2 Å². The van der Waals surface area contributed by atoms with Gasteiger partial charge < -0.3 is 4.74 Å². The van der Waals surface area contributed by atoms with Crippen molar-refractivity contribution in [2.45, 2.75) is 20.0 Å². The number of benzene rings is 1. The third-order valence-corrected chi connectivity index (χ3v) is 3.94. The Hall–Kier alpha value is -2.20. The number of carbonyl (C=O) groups excluding carboxylic acids is 1. The Morgan fingerprint density at radius 2 is 2.00 bits per heavy atom. The lowest BCUT2D eigenvalue weighted by Gasteiger charge is -2.11. The number of rotatable bonds is 3. The molecule has 3 rings (SSSR count). The Kier molecular flexibility index (Phi) is 3.71. The summed E-state index contributed by atoms with van der Waals surface area (Å²) >= 11 is 1.60. The van der Waals surface area contributed by atoms with Crippen molar-refractivity contribution in [3.8, 4) is 10.6 Å². The number of hydrogen-bond acceptors (Lipinski definition) is 4. The van der Waals surface area contributed by atoms with E-state index in [1.165, 1.54) is 0 Å². The molecule has 2 aromatic heterocycles. The van der Waals surface area contributed by atoms with E-state index >= 15 is 0 Å². The van der Waals surface area contributed by atoms with Gasteiger partial charge >= 0.3 is 5.97 Å². The van der Waals surface area contributed by atoms with Gasteiger partial charge in [-0.3, -0.25) is 0 Å². The maximum absolute atomic E-state index is 12.3. The molecule has 0 unspecified atom stereocenters. The first-order valence-corrected chi connectivity index (χ1v) is 7.68. The van der Waals surface area contributed by atoms with Crippen molar-refractivity contribution in [3.05, 3.63) is 53.4 Å². The summed E-state index contributed by atoms with van der Waals surface area (Å²) in [6, 6.07) is 13.4. The van der Waals surface area contributed by atoms with Gasteiger partial charge in [0, 0.05) is 5.39 Å². The van der Waals surface area contributed by atoms with Gasteiger partial charge in [-0.05, 0) is 37.4 Å². The quantitative estimate of drug-likeness (QED) is 0.667. The van der Waals surface area contributed by atoms with Gasteiger partial charge in [-0.2, -0.15) is 0 Å². The third kappa shape index (κ3) is 2.81. The molecule has 106 valence electrons. The largest absolute Gasteiger partial charge is 0.459 e. The van der Waals surface area contributed by atoms with Gasteiger partial charge in [0.25, 0.3) is 0 Å². The smallest absolute Gasteiger partial charge is 0.339 e. The highest BCUT2D eigenvalue weighted by Crippen LogP contribution is 2.28. The van der Waals surface area contributed by atoms with E-state index in [-0.39, 0.29) is 12.1 Å². The highest BCUT2D eigenvalue weighted by atomic mass is 32.1. The standard InChI is InChI=1S/C17H15NO2S/c1-11(2)20-17(19)13-10-15(16-8-5-9-21-16)18-14-7-4-3-6-12(13)14/h3-11H,1-2H3. The van der Waals surface area contributed by atoms with Gasteiger partial charge in [-0.15, -0.1) is 11.3 Å². The molecule has 4 heteroatoms. The fourth-order valence-corrected chi connectivity index (χ4v) is 2.86. The van der Waals surface area contributed by atoms with Crippen LogP contribution in [0.15, 0.2) is 47.8 Å². The summed E-state index contributed by atoms with van der Waals surface area (Å²) in [6.07, 6.45) is -0.144. The second-order valence-electron chi connectivity index (χ2n) is 5.00. The molecule has 3 nitrogen and oxygen atoms in total. The number of esters is 1. The number of aromatic nitrogens is 1. The van der Waals surface area contributed by atoms with Crippen molar-refractivity contribution in [2.75, 3.05) is 0 Å². The van der Waals surface area contributed by atoms with E-state index in [4.69, 9.17) is 4.74 Å². The number of hydrogen-bond donors (Lipinski definition) is 0. The summed E-state index contributed by atoms with van der Waals surface area (Å²) in [4.78, 5) is 18.0. The number of carbonyl (C=O) groups is 1. The average Bonchev–Trinajstić information content (AvgIpc) is 2.99. The van der Waals surface area contributed by atoms with Crippen LogP contribution < -0.4 is 0 Å². The molecule has 0 spiro atoms. The lowest BCUT2D eigenvalue weighted by molar-refractivity contribution is 0.0380. The first-order valence-electron chi connectivity index (χ1n) is 6.80. The van der Waals surface area contributed by atoms with Crippen LogP contribution >= 0.6 is 11.3 Å². The molecule has 0 radical (unpaired) electrons. The molecule has 2 heterocycles. The van der Waals surface area contributed by atoms with E-state index in [1.807, 2.05) is 61.7 Å². The predicted octanol–water partition coefficient (Wildman–Crippen LogP) is 4.53. The summed E-state index contributed by atoms with van der Waals surface area (Å²) < 4.78 is 5.35. The van der Waals surface area contributed by atoms with Crippen LogP contribution in [0.3, 0.4) is 0 Å². The van der Waals surface area contributed by atoms with E-state index in [0.717, 1.165) is 21.5 Å². The van der Waals surface area contributed by atoms with Crippen LogP contribution in [-0.2, 0) is 4.74 Å². The van der Waals surface area contributed by atoms with Crippen molar-refractivity contribution < 1.29 is 9.53 Å². The highest BCUT2D eigenvalue weighted by molar-refractivity contribution is 7.13. The predicted molar refractivity (Wildman–Crippen MR) is 85.6 cm³/mol. The lowest BCUT2D eigenvalue weighted by atomic mass is 10.1. The average molecular weight is 297 g/mol. The highest BCUT2D eigenvalue weighted by Gasteiger charge is 2.16. The second-order valence-corrected chi connectivity index (χ2v) is 5.95. The molecule has 0 aliphatic carbocycles. The van der Waals surface area contributed by atoms with Gasteiger partial charge in [0.15, 0.2) is 0 Å². The number of ether oxygens (including phenoxy) is 1. The van der Waals surface area contributed by atoms with E-state index < -0.39 is 0 Å². The van der Waals surface area contributed by atoms with E-state index in [1.54, 1.807) is 11.3 Å². The summed E-state index contributed by atoms with van der Waals surface area (Å²) in [7, 11) is 0. The Balaban J connectivity index is 2.18. The van der Waals surface area contributed by atoms with Crippen LogP contribution in [0.1, 0.15) is 24.2 Å². The third-order valence-electron chi connectivity index (χ3n) is 3.05. The summed E-state index contributed by atoms with van der Waals surface area (Å²) in [6.45, 7) is 3.70. The molecule has 0 saturated carbocycles. The Morgan fingerprint density at radius 1 is 1.19 bits per heavy atom. The van der Waals surface area contributed by atoms with Gasteiger partial charge in [-0.25, -0.2) is 9.78 Å². The van der Waals surface area contributed by atoms with Crippen LogP contribution in [0.5, 0.6) is 0 Å². The molecule has 0 amide bonds. The first kappa shape index (κ1) is 13.8. The number of fused-ring (bicyclic) bond motifs is 1. The Labute approximate surface area is 127 Å². The van der Waals surface area contributed by atoms with E-state index in [0.29, 0.717) is 5.56 Å². The number of para-hydroxylation sites is 1. The minimum atomic E-state index is -0.304. The molecule has 1 aromatic carbocycles. The van der Waals surface area contributed by atoms with Crippen LogP contribution in [-0.4, -0.2) is 17.1 Å². The van der Waals surface area contributed by atoms with Crippen LogP contribution in [0.4, 0.5) is 0 Å². The SMILES string of the molecule is CC(C)OC(=O)c1cc(-c2cccs2)nc2ccccc12. The Bertz CT molecular complexity index is 779. The van der Waals surface area contributed by atoms with Crippen molar-refractivity contribution in [1.29, 1.82) is 0 Å². The summed E-state index contributed by atoms with van der Waals surface area (Å²) in [5.41, 5.74) is 2.18. The molecule has 0 fully saturated rings. The van der Waals surface area contributed by atoms with Crippen LogP contribution in [0.2, 0.25) is 0 Å². The molecule has 0 saturated heterocycles. The first-order chi connectivity index (χ1) is 10.1. The maximum Gasteiger partial charge on any atom is 0.339 e. The minimum Gasteiger partial charge on any atom is -0.459 e. The monoisotopic (exact) mass is 297 g/mol. The van der Waals surface area contributed by atoms with Gasteiger partial charge in [0.05, 0.1) is 27.8 Å². The molecular formula is C17H15NO2S. The van der Waals surface area contributed by atoms with Gasteiger partial charge in [-0.1, -0.05) is 24.3 Å². The summed E-state index contributed by atoms with van der Waals surface area (Å²) in [5, 5.41) is 2.82. The van der Waals surface area contributed by atoms with Gasteiger partial charge in [0.1, 0.15) is 0 Å². The fourth-order valence-electron chi connectivity index (χ4n) is 2.17. The zero-order valence-electron chi connectivity index (χ0n) is 11.9. The van der Waals surface area contributed by atoms with E-state index in [2.05, 4.69) is 4.98 Å². The molecule has 21 heavy (non-hydrogen) atoms. The number of thiophene rings is 1. The topological polar surface area (TPSA) is 39.2 Å².